The van der Waals surface area contributed by atoms with Crippen LogP contribution in [0.4, 0.5) is 10.1 Å². The lowest BCUT2D eigenvalue weighted by Crippen LogP contribution is -2.51. The number of aromatic nitrogens is 2. The molecule has 2 aromatic carbocycles. The molecule has 6 nitrogen and oxygen atoms in total. The van der Waals surface area contributed by atoms with Crippen LogP contribution >= 0.6 is 11.6 Å². The van der Waals surface area contributed by atoms with Crippen LogP contribution in [0.1, 0.15) is 22.9 Å². The van der Waals surface area contributed by atoms with E-state index in [0.717, 1.165) is 16.9 Å². The van der Waals surface area contributed by atoms with Gasteiger partial charge in [-0.05, 0) is 42.3 Å². The van der Waals surface area contributed by atoms with Crippen molar-refractivity contribution in [2.24, 2.45) is 0 Å². The number of H-pyrrole nitrogens is 1. The highest BCUT2D eigenvalue weighted by Crippen LogP contribution is 2.28. The Balaban J connectivity index is 1.55. The van der Waals surface area contributed by atoms with Crippen molar-refractivity contribution in [2.45, 2.75) is 12.5 Å². The summed E-state index contributed by atoms with van der Waals surface area (Å²) in [6.07, 6.45) is 3.79. The summed E-state index contributed by atoms with van der Waals surface area (Å²) in [4.78, 5) is 23.9. The Bertz CT molecular complexity index is 1100. The molecule has 1 fully saturated rings. The van der Waals surface area contributed by atoms with Crippen molar-refractivity contribution in [3.05, 3.63) is 82.6 Å². The summed E-state index contributed by atoms with van der Waals surface area (Å²) in [6, 6.07) is 13.5. The number of imidazole rings is 1. The van der Waals surface area contributed by atoms with E-state index in [4.69, 9.17) is 16.9 Å². The van der Waals surface area contributed by atoms with Gasteiger partial charge in [-0.15, -0.1) is 0 Å². The monoisotopic (exact) mass is 423 g/mol. The van der Waals surface area contributed by atoms with Crippen molar-refractivity contribution < 1.29 is 9.18 Å². The Morgan fingerprint density at radius 3 is 2.80 bits per heavy atom. The largest absolute Gasteiger partial charge is 0.347 e. The molecule has 30 heavy (non-hydrogen) atoms. The molecule has 1 aromatic heterocycles. The van der Waals surface area contributed by atoms with Crippen molar-refractivity contribution >= 4 is 23.2 Å². The van der Waals surface area contributed by atoms with Crippen molar-refractivity contribution in [3.63, 3.8) is 0 Å². The van der Waals surface area contributed by atoms with Crippen LogP contribution < -0.4 is 4.90 Å². The van der Waals surface area contributed by atoms with Crippen molar-refractivity contribution in [1.82, 2.24) is 14.9 Å². The van der Waals surface area contributed by atoms with Crippen molar-refractivity contribution in [2.75, 3.05) is 24.5 Å². The maximum atomic E-state index is 14.1. The van der Waals surface area contributed by atoms with Gasteiger partial charge in [0.1, 0.15) is 11.9 Å². The lowest BCUT2D eigenvalue weighted by Gasteiger charge is -2.38. The molecule has 152 valence electrons. The van der Waals surface area contributed by atoms with Crippen LogP contribution in [0.2, 0.25) is 5.02 Å². The van der Waals surface area contributed by atoms with Gasteiger partial charge in [0.05, 0.1) is 30.2 Å². The van der Waals surface area contributed by atoms with Gasteiger partial charge in [-0.1, -0.05) is 23.7 Å². The summed E-state index contributed by atoms with van der Waals surface area (Å²) >= 11 is 6.07. The molecule has 0 aliphatic carbocycles. The molecule has 8 heteroatoms. The quantitative estimate of drug-likeness (QED) is 0.678. The van der Waals surface area contributed by atoms with Gasteiger partial charge in [0.15, 0.2) is 0 Å². The number of benzene rings is 2. The molecule has 0 radical (unpaired) electrons. The number of carbonyl (C=O) groups is 1. The molecule has 0 saturated carbocycles. The van der Waals surface area contributed by atoms with Crippen LogP contribution in [0, 0.1) is 17.1 Å². The molecule has 0 spiro atoms. The number of amides is 1. The molecule has 1 aliphatic rings. The Hall–Kier alpha value is -3.21. The third kappa shape index (κ3) is 4.20. The van der Waals surface area contributed by atoms with Gasteiger partial charge in [-0.25, -0.2) is 9.37 Å². The molecular formula is C22H19ClFN5O. The topological polar surface area (TPSA) is 76.0 Å². The van der Waals surface area contributed by atoms with Gasteiger partial charge >= 0.3 is 0 Å². The first-order chi connectivity index (χ1) is 14.5. The first-order valence-electron chi connectivity index (χ1n) is 9.52. The summed E-state index contributed by atoms with van der Waals surface area (Å²) in [5.41, 5.74) is 2.39. The van der Waals surface area contributed by atoms with E-state index in [9.17, 15) is 9.18 Å². The molecule has 2 heterocycles. The predicted molar refractivity (Wildman–Crippen MR) is 112 cm³/mol. The standard InChI is InChI=1S/C22H19ClFN5O/c23-17-2-1-3-18(10-17)29-7-6-28(13-22(29)30)21(20-12-26-14-27-20)9-15-4-5-16(11-25)19(24)8-15/h1-5,8,10,12,14,21H,6-7,9,13H2,(H,26,27). The van der Waals surface area contributed by atoms with Gasteiger partial charge < -0.3 is 9.88 Å². The lowest BCUT2D eigenvalue weighted by atomic mass is 10.00. The summed E-state index contributed by atoms with van der Waals surface area (Å²) in [5, 5.41) is 9.53. The number of piperazine rings is 1. The zero-order valence-electron chi connectivity index (χ0n) is 16.1. The second-order valence-corrected chi connectivity index (χ2v) is 7.59. The van der Waals surface area contributed by atoms with E-state index in [2.05, 4.69) is 14.9 Å². The number of halogens is 2. The smallest absolute Gasteiger partial charge is 0.241 e. The van der Waals surface area contributed by atoms with E-state index in [1.165, 1.54) is 12.1 Å². The average Bonchev–Trinajstić information content (AvgIpc) is 3.26. The number of rotatable bonds is 5. The molecular weight excluding hydrogens is 405 g/mol. The number of nitrogens with zero attached hydrogens (tertiary/aromatic N) is 4. The minimum atomic E-state index is -0.541. The fraction of sp³-hybridized carbons (Fsp3) is 0.227. The van der Waals surface area contributed by atoms with Crippen LogP contribution in [-0.2, 0) is 11.2 Å². The van der Waals surface area contributed by atoms with Crippen LogP contribution in [0.5, 0.6) is 0 Å². The molecule has 0 bridgehead atoms. The van der Waals surface area contributed by atoms with Crippen molar-refractivity contribution in [3.8, 4) is 6.07 Å². The number of nitriles is 1. The normalized spacial score (nSPS) is 15.8. The molecule has 1 unspecified atom stereocenters. The predicted octanol–water partition coefficient (Wildman–Crippen LogP) is 3.71. The first-order valence-corrected chi connectivity index (χ1v) is 9.89. The zero-order valence-corrected chi connectivity index (χ0v) is 16.8. The van der Waals surface area contributed by atoms with E-state index in [1.807, 2.05) is 18.2 Å². The van der Waals surface area contributed by atoms with E-state index in [0.29, 0.717) is 24.5 Å². The Morgan fingerprint density at radius 1 is 1.27 bits per heavy atom. The summed E-state index contributed by atoms with van der Waals surface area (Å²) in [5.74, 6) is -0.570. The maximum Gasteiger partial charge on any atom is 0.241 e. The van der Waals surface area contributed by atoms with Gasteiger partial charge in [0.25, 0.3) is 0 Å². The summed E-state index contributed by atoms with van der Waals surface area (Å²) < 4.78 is 14.1. The molecule has 1 amide bonds. The zero-order chi connectivity index (χ0) is 21.1. The molecule has 1 atom stereocenters. The van der Waals surface area contributed by atoms with Crippen LogP contribution in [0.25, 0.3) is 0 Å². The lowest BCUT2D eigenvalue weighted by molar-refractivity contribution is -0.122. The fourth-order valence-electron chi connectivity index (χ4n) is 3.76. The Kier molecular flexibility index (Phi) is 5.79. The van der Waals surface area contributed by atoms with Gasteiger partial charge in [0, 0.05) is 30.0 Å². The first kappa shape index (κ1) is 20.1. The molecule has 3 aromatic rings. The number of carbonyl (C=O) groups excluding carboxylic acids is 1. The fourth-order valence-corrected chi connectivity index (χ4v) is 3.94. The second-order valence-electron chi connectivity index (χ2n) is 7.15. The van der Waals surface area contributed by atoms with Crippen molar-refractivity contribution in [1.29, 1.82) is 5.26 Å². The molecule has 4 rings (SSSR count). The number of nitrogens with one attached hydrogen (secondary N) is 1. The van der Waals surface area contributed by atoms with Gasteiger partial charge in [-0.3, -0.25) is 9.69 Å². The third-order valence-corrected chi connectivity index (χ3v) is 5.51. The average molecular weight is 424 g/mol. The summed E-state index contributed by atoms with van der Waals surface area (Å²) in [7, 11) is 0. The summed E-state index contributed by atoms with van der Waals surface area (Å²) in [6.45, 7) is 1.38. The third-order valence-electron chi connectivity index (χ3n) is 5.27. The molecule has 1 N–H and O–H groups in total. The highest BCUT2D eigenvalue weighted by molar-refractivity contribution is 6.30. The number of aromatic amines is 1. The Labute approximate surface area is 178 Å². The maximum absolute atomic E-state index is 14.1. The minimum Gasteiger partial charge on any atom is -0.347 e. The number of hydrogen-bond acceptors (Lipinski definition) is 4. The van der Waals surface area contributed by atoms with Crippen LogP contribution in [0.3, 0.4) is 0 Å². The van der Waals surface area contributed by atoms with E-state index in [1.54, 1.807) is 35.6 Å². The highest BCUT2D eigenvalue weighted by atomic mass is 35.5. The SMILES string of the molecule is N#Cc1ccc(CC(c2cnc[nH]2)N2CCN(c3cccc(Cl)c3)C(=O)C2)cc1F. The van der Waals surface area contributed by atoms with Gasteiger partial charge in [-0.2, -0.15) is 5.26 Å². The van der Waals surface area contributed by atoms with E-state index in [-0.39, 0.29) is 24.1 Å². The van der Waals surface area contributed by atoms with E-state index < -0.39 is 5.82 Å². The number of anilines is 1. The number of hydrogen-bond donors (Lipinski definition) is 1. The highest BCUT2D eigenvalue weighted by Gasteiger charge is 2.31. The van der Waals surface area contributed by atoms with Gasteiger partial charge in [0.2, 0.25) is 5.91 Å². The second kappa shape index (κ2) is 8.66. The molecule has 1 aliphatic heterocycles. The Morgan fingerprint density at radius 2 is 2.13 bits per heavy atom. The molecule has 1 saturated heterocycles. The van der Waals surface area contributed by atoms with Crippen LogP contribution in [-0.4, -0.2) is 40.4 Å². The van der Waals surface area contributed by atoms with E-state index >= 15 is 0 Å². The minimum absolute atomic E-state index is 0.0159. The van der Waals surface area contributed by atoms with Crippen LogP contribution in [0.15, 0.2) is 55.0 Å².